The SMILES string of the molecule is CCN(c1ccccc1C)S(=O)(=O)c1nnc(NC(=O)c2ccccc2C)s1. The van der Waals surface area contributed by atoms with Gasteiger partial charge in [0.15, 0.2) is 0 Å². The molecule has 0 unspecified atom stereocenters. The molecule has 1 N–H and O–H groups in total. The first-order chi connectivity index (χ1) is 13.3. The van der Waals surface area contributed by atoms with Crippen LogP contribution in [-0.2, 0) is 10.0 Å². The summed E-state index contributed by atoms with van der Waals surface area (Å²) in [7, 11) is -3.89. The number of nitrogens with zero attached hydrogens (tertiary/aromatic N) is 3. The van der Waals surface area contributed by atoms with E-state index in [-0.39, 0.29) is 21.9 Å². The number of aryl methyl sites for hydroxylation is 2. The number of amides is 1. The molecule has 0 saturated heterocycles. The minimum absolute atomic E-state index is 0.132. The van der Waals surface area contributed by atoms with Gasteiger partial charge in [-0.25, -0.2) is 0 Å². The Kier molecular flexibility index (Phi) is 5.76. The standard InChI is InChI=1S/C19H20N4O3S2/c1-4-23(16-12-8-6-10-14(16)3)28(25,26)19-22-21-18(27-19)20-17(24)15-11-7-5-9-13(15)2/h5-12H,4H2,1-3H3,(H,20,21,24). The summed E-state index contributed by atoms with van der Waals surface area (Å²) in [4.78, 5) is 12.4. The van der Waals surface area contributed by atoms with E-state index in [9.17, 15) is 13.2 Å². The van der Waals surface area contributed by atoms with Gasteiger partial charge in [-0.15, -0.1) is 10.2 Å². The van der Waals surface area contributed by atoms with Crippen molar-refractivity contribution in [3.05, 3.63) is 65.2 Å². The molecule has 0 aliphatic carbocycles. The third-order valence-corrected chi connectivity index (χ3v) is 7.27. The van der Waals surface area contributed by atoms with Crippen molar-refractivity contribution in [1.29, 1.82) is 0 Å². The van der Waals surface area contributed by atoms with Crippen LogP contribution in [0.3, 0.4) is 0 Å². The number of carbonyl (C=O) groups is 1. The average Bonchev–Trinajstić information content (AvgIpc) is 3.13. The summed E-state index contributed by atoms with van der Waals surface area (Å²) in [5, 5.41) is 10.4. The van der Waals surface area contributed by atoms with Crippen LogP contribution in [0.25, 0.3) is 0 Å². The van der Waals surface area contributed by atoms with Gasteiger partial charge in [-0.1, -0.05) is 47.7 Å². The van der Waals surface area contributed by atoms with E-state index < -0.39 is 10.0 Å². The van der Waals surface area contributed by atoms with Crippen LogP contribution in [0, 0.1) is 13.8 Å². The number of sulfonamides is 1. The van der Waals surface area contributed by atoms with Crippen molar-refractivity contribution in [2.24, 2.45) is 0 Å². The van der Waals surface area contributed by atoms with Gasteiger partial charge in [0.1, 0.15) is 0 Å². The summed E-state index contributed by atoms with van der Waals surface area (Å²) in [6.07, 6.45) is 0. The zero-order valence-corrected chi connectivity index (χ0v) is 17.3. The molecular weight excluding hydrogens is 396 g/mol. The number of aromatic nitrogens is 2. The van der Waals surface area contributed by atoms with Gasteiger partial charge in [-0.2, -0.15) is 8.42 Å². The van der Waals surface area contributed by atoms with E-state index in [4.69, 9.17) is 0 Å². The van der Waals surface area contributed by atoms with Gasteiger partial charge < -0.3 is 0 Å². The van der Waals surface area contributed by atoms with Crippen molar-refractivity contribution in [1.82, 2.24) is 10.2 Å². The average molecular weight is 417 g/mol. The maximum atomic E-state index is 13.1. The summed E-state index contributed by atoms with van der Waals surface area (Å²) < 4.78 is 27.2. The number of benzene rings is 2. The van der Waals surface area contributed by atoms with Crippen LogP contribution in [-0.4, -0.2) is 31.1 Å². The fraction of sp³-hybridized carbons (Fsp3) is 0.211. The molecule has 1 heterocycles. The largest absolute Gasteiger partial charge is 0.296 e. The topological polar surface area (TPSA) is 92.3 Å². The summed E-state index contributed by atoms with van der Waals surface area (Å²) in [5.41, 5.74) is 2.74. The van der Waals surface area contributed by atoms with E-state index in [1.54, 1.807) is 31.2 Å². The number of hydrogen-bond acceptors (Lipinski definition) is 6. The van der Waals surface area contributed by atoms with E-state index in [0.29, 0.717) is 11.3 Å². The number of rotatable bonds is 6. The maximum absolute atomic E-state index is 13.1. The van der Waals surface area contributed by atoms with E-state index in [1.807, 2.05) is 38.1 Å². The third-order valence-electron chi connectivity index (χ3n) is 4.20. The van der Waals surface area contributed by atoms with Crippen LogP contribution in [0.5, 0.6) is 0 Å². The van der Waals surface area contributed by atoms with Crippen molar-refractivity contribution in [3.63, 3.8) is 0 Å². The predicted molar refractivity (Wildman–Crippen MR) is 110 cm³/mol. The Bertz CT molecular complexity index is 1110. The highest BCUT2D eigenvalue weighted by molar-refractivity contribution is 7.94. The lowest BCUT2D eigenvalue weighted by molar-refractivity contribution is 0.102. The van der Waals surface area contributed by atoms with E-state index in [1.165, 1.54) is 4.31 Å². The Morgan fingerprint density at radius 1 is 1.04 bits per heavy atom. The van der Waals surface area contributed by atoms with Crippen LogP contribution in [0.4, 0.5) is 10.8 Å². The van der Waals surface area contributed by atoms with Crippen LogP contribution in [0.2, 0.25) is 0 Å². The third kappa shape index (κ3) is 3.90. The quantitative estimate of drug-likeness (QED) is 0.620. The van der Waals surface area contributed by atoms with Gasteiger partial charge in [0, 0.05) is 12.1 Å². The summed E-state index contributed by atoms with van der Waals surface area (Å²) in [6, 6.07) is 14.4. The van der Waals surface area contributed by atoms with Crippen molar-refractivity contribution in [2.45, 2.75) is 25.1 Å². The molecule has 3 rings (SSSR count). The second kappa shape index (κ2) is 8.07. The molecule has 0 spiro atoms. The number of nitrogens with one attached hydrogen (secondary N) is 1. The molecule has 0 radical (unpaired) electrons. The normalized spacial score (nSPS) is 11.2. The summed E-state index contributed by atoms with van der Waals surface area (Å²) in [5.74, 6) is -0.357. The molecule has 0 saturated carbocycles. The number of hydrogen-bond donors (Lipinski definition) is 1. The Morgan fingerprint density at radius 3 is 2.32 bits per heavy atom. The lowest BCUT2D eigenvalue weighted by Crippen LogP contribution is -2.31. The molecule has 0 fully saturated rings. The number of para-hydroxylation sites is 1. The number of carbonyl (C=O) groups excluding carboxylic acids is 1. The fourth-order valence-electron chi connectivity index (χ4n) is 2.76. The minimum atomic E-state index is -3.89. The first kappa shape index (κ1) is 20.0. The molecule has 0 atom stereocenters. The van der Waals surface area contributed by atoms with E-state index in [2.05, 4.69) is 15.5 Å². The first-order valence-electron chi connectivity index (χ1n) is 8.63. The van der Waals surface area contributed by atoms with Crippen molar-refractivity contribution in [3.8, 4) is 0 Å². The second-order valence-electron chi connectivity index (χ2n) is 6.10. The van der Waals surface area contributed by atoms with Crippen LogP contribution in [0.15, 0.2) is 52.9 Å². The Balaban J connectivity index is 1.87. The highest BCUT2D eigenvalue weighted by Gasteiger charge is 2.29. The second-order valence-corrected chi connectivity index (χ2v) is 9.11. The highest BCUT2D eigenvalue weighted by atomic mass is 32.2. The molecule has 2 aromatic carbocycles. The van der Waals surface area contributed by atoms with Gasteiger partial charge in [-0.3, -0.25) is 14.4 Å². The molecule has 146 valence electrons. The zero-order valence-electron chi connectivity index (χ0n) is 15.7. The van der Waals surface area contributed by atoms with Gasteiger partial charge in [0.25, 0.3) is 20.3 Å². The van der Waals surface area contributed by atoms with Crippen molar-refractivity contribution >= 4 is 38.1 Å². The van der Waals surface area contributed by atoms with E-state index in [0.717, 1.165) is 22.5 Å². The maximum Gasteiger partial charge on any atom is 0.293 e. The van der Waals surface area contributed by atoms with Gasteiger partial charge in [-0.05, 0) is 44.0 Å². The molecule has 1 aromatic heterocycles. The molecule has 0 aliphatic heterocycles. The van der Waals surface area contributed by atoms with Crippen molar-refractivity contribution in [2.75, 3.05) is 16.2 Å². The van der Waals surface area contributed by atoms with Crippen LogP contribution < -0.4 is 9.62 Å². The van der Waals surface area contributed by atoms with Crippen LogP contribution in [0.1, 0.15) is 28.4 Å². The Labute approximate surface area is 168 Å². The van der Waals surface area contributed by atoms with Crippen molar-refractivity contribution < 1.29 is 13.2 Å². The molecule has 3 aromatic rings. The molecule has 28 heavy (non-hydrogen) atoms. The molecule has 9 heteroatoms. The van der Waals surface area contributed by atoms with Crippen LogP contribution >= 0.6 is 11.3 Å². The molecular formula is C19H20N4O3S2. The molecule has 1 amide bonds. The summed E-state index contributed by atoms with van der Waals surface area (Å²) in [6.45, 7) is 5.68. The zero-order chi connectivity index (χ0) is 20.3. The Morgan fingerprint density at radius 2 is 1.68 bits per heavy atom. The molecule has 7 nitrogen and oxygen atoms in total. The lowest BCUT2D eigenvalue weighted by atomic mass is 10.1. The monoisotopic (exact) mass is 416 g/mol. The smallest absolute Gasteiger partial charge is 0.293 e. The summed E-state index contributed by atoms with van der Waals surface area (Å²) >= 11 is 0.829. The molecule has 0 bridgehead atoms. The van der Waals surface area contributed by atoms with Gasteiger partial charge >= 0.3 is 0 Å². The lowest BCUT2D eigenvalue weighted by Gasteiger charge is -2.22. The van der Waals surface area contributed by atoms with Gasteiger partial charge in [0.2, 0.25) is 5.13 Å². The Hall–Kier alpha value is -2.78. The number of anilines is 2. The van der Waals surface area contributed by atoms with E-state index >= 15 is 0 Å². The highest BCUT2D eigenvalue weighted by Crippen LogP contribution is 2.29. The fourth-order valence-corrected chi connectivity index (χ4v) is 5.30. The molecule has 0 aliphatic rings. The van der Waals surface area contributed by atoms with Gasteiger partial charge in [0.05, 0.1) is 5.69 Å². The minimum Gasteiger partial charge on any atom is -0.296 e. The predicted octanol–water partition coefficient (Wildman–Crippen LogP) is 3.62. The first-order valence-corrected chi connectivity index (χ1v) is 10.9.